The number of nitrogens with one attached hydrogen (secondary N) is 1. The summed E-state index contributed by atoms with van der Waals surface area (Å²) < 4.78 is 5.53. The summed E-state index contributed by atoms with van der Waals surface area (Å²) in [5.41, 5.74) is 0. The molecule has 0 bridgehead atoms. The molecule has 0 aromatic carbocycles. The van der Waals surface area contributed by atoms with Gasteiger partial charge in [0.2, 0.25) is 17.2 Å². The van der Waals surface area contributed by atoms with Crippen molar-refractivity contribution >= 4 is 23.5 Å². The number of anilines is 2. The molecule has 0 radical (unpaired) electrons. The second-order valence-electron chi connectivity index (χ2n) is 4.54. The van der Waals surface area contributed by atoms with Crippen molar-refractivity contribution in [2.75, 3.05) is 43.1 Å². The second kappa shape index (κ2) is 7.56. The molecule has 112 valence electrons. The van der Waals surface area contributed by atoms with E-state index in [9.17, 15) is 0 Å². The summed E-state index contributed by atoms with van der Waals surface area (Å²) in [6.07, 6.45) is 1.98. The predicted octanol–water partition coefficient (Wildman–Crippen LogP) is 0.934. The van der Waals surface area contributed by atoms with Crippen LogP contribution in [0.5, 0.6) is 0 Å². The van der Waals surface area contributed by atoms with Crippen LogP contribution in [0.15, 0.2) is 0 Å². The maximum absolute atomic E-state index is 8.75. The molecule has 1 aliphatic rings. The van der Waals surface area contributed by atoms with E-state index >= 15 is 0 Å². The molecule has 0 saturated carbocycles. The fourth-order valence-electron chi connectivity index (χ4n) is 2.16. The number of hydrogen-bond acceptors (Lipinski definition) is 7. The number of nitrogens with zero attached hydrogens (tertiary/aromatic N) is 4. The van der Waals surface area contributed by atoms with Crippen LogP contribution in [-0.4, -0.2) is 59.0 Å². The van der Waals surface area contributed by atoms with Gasteiger partial charge in [-0.15, -0.1) is 0 Å². The van der Waals surface area contributed by atoms with Gasteiger partial charge in [-0.05, 0) is 31.4 Å². The predicted molar refractivity (Wildman–Crippen MR) is 77.3 cm³/mol. The van der Waals surface area contributed by atoms with Crippen LogP contribution in [-0.2, 0) is 4.74 Å². The van der Waals surface area contributed by atoms with Crippen molar-refractivity contribution in [3.05, 3.63) is 5.28 Å². The van der Waals surface area contributed by atoms with Crippen molar-refractivity contribution in [2.45, 2.75) is 25.9 Å². The summed E-state index contributed by atoms with van der Waals surface area (Å²) in [6, 6.07) is 0. The Bertz CT molecular complexity index is 426. The Hall–Kier alpha value is -1.18. The quantitative estimate of drug-likeness (QED) is 0.809. The number of aromatic nitrogens is 3. The zero-order valence-corrected chi connectivity index (χ0v) is 12.3. The largest absolute Gasteiger partial charge is 0.394 e. The fraction of sp³-hybridized carbons (Fsp3) is 0.750. The first-order valence-electron chi connectivity index (χ1n) is 6.85. The Balaban J connectivity index is 1.96. The van der Waals surface area contributed by atoms with Crippen molar-refractivity contribution in [3.63, 3.8) is 0 Å². The third-order valence-corrected chi connectivity index (χ3v) is 3.27. The Morgan fingerprint density at radius 2 is 2.10 bits per heavy atom. The van der Waals surface area contributed by atoms with E-state index in [1.165, 1.54) is 0 Å². The van der Waals surface area contributed by atoms with Gasteiger partial charge in [-0.3, -0.25) is 0 Å². The van der Waals surface area contributed by atoms with Crippen LogP contribution < -0.4 is 10.2 Å². The van der Waals surface area contributed by atoms with Gasteiger partial charge in [0.1, 0.15) is 0 Å². The molecule has 8 heteroatoms. The van der Waals surface area contributed by atoms with Crippen LogP contribution in [0.1, 0.15) is 19.8 Å². The number of ether oxygens (including phenoxy) is 1. The van der Waals surface area contributed by atoms with E-state index in [2.05, 4.69) is 25.2 Å². The molecule has 0 atom stereocenters. The highest BCUT2D eigenvalue weighted by molar-refractivity contribution is 6.28. The molecule has 0 aliphatic carbocycles. The Morgan fingerprint density at radius 3 is 2.75 bits per heavy atom. The van der Waals surface area contributed by atoms with Crippen LogP contribution in [0.4, 0.5) is 11.9 Å². The third kappa shape index (κ3) is 4.16. The van der Waals surface area contributed by atoms with Crippen molar-refractivity contribution in [2.24, 2.45) is 0 Å². The maximum Gasteiger partial charge on any atom is 0.231 e. The lowest BCUT2D eigenvalue weighted by atomic mass is 10.1. The van der Waals surface area contributed by atoms with E-state index in [-0.39, 0.29) is 18.0 Å². The highest BCUT2D eigenvalue weighted by Crippen LogP contribution is 2.20. The maximum atomic E-state index is 8.75. The van der Waals surface area contributed by atoms with Crippen LogP contribution in [0.3, 0.4) is 0 Å². The number of halogens is 1. The van der Waals surface area contributed by atoms with Crippen LogP contribution in [0, 0.1) is 0 Å². The molecule has 1 fully saturated rings. The Morgan fingerprint density at radius 1 is 1.35 bits per heavy atom. The minimum atomic E-state index is 0.0648. The van der Waals surface area contributed by atoms with Gasteiger partial charge in [-0.2, -0.15) is 15.0 Å². The number of hydrogen-bond donors (Lipinski definition) is 2. The lowest BCUT2D eigenvalue weighted by Gasteiger charge is -2.31. The summed E-state index contributed by atoms with van der Waals surface area (Å²) in [6.45, 7) is 4.78. The third-order valence-electron chi connectivity index (χ3n) is 3.10. The standard InChI is InChI=1S/C12H20ClN5O2/c1-2-14-11-15-10(13)16-12(17-11)18-5-3-9(4-6-18)20-8-7-19/h9,19H,2-8H2,1H3,(H,14,15,16,17). The van der Waals surface area contributed by atoms with Gasteiger partial charge < -0.3 is 20.1 Å². The molecule has 0 unspecified atom stereocenters. The van der Waals surface area contributed by atoms with Gasteiger partial charge in [0.15, 0.2) is 0 Å². The number of aliphatic hydroxyl groups is 1. The Labute approximate surface area is 123 Å². The molecular formula is C12H20ClN5O2. The normalized spacial score (nSPS) is 16.4. The molecule has 20 heavy (non-hydrogen) atoms. The molecule has 2 heterocycles. The summed E-state index contributed by atoms with van der Waals surface area (Å²) in [5, 5.41) is 12.0. The molecular weight excluding hydrogens is 282 g/mol. The molecule has 1 aromatic rings. The minimum absolute atomic E-state index is 0.0648. The summed E-state index contributed by atoms with van der Waals surface area (Å²) >= 11 is 5.92. The fourth-order valence-corrected chi connectivity index (χ4v) is 2.32. The van der Waals surface area contributed by atoms with Crippen molar-refractivity contribution in [1.82, 2.24) is 15.0 Å². The lowest BCUT2D eigenvalue weighted by molar-refractivity contribution is 0.0157. The molecule has 0 amide bonds. The van der Waals surface area contributed by atoms with Crippen molar-refractivity contribution < 1.29 is 9.84 Å². The summed E-state index contributed by atoms with van der Waals surface area (Å²) in [7, 11) is 0. The minimum Gasteiger partial charge on any atom is -0.394 e. The first kappa shape index (κ1) is 15.2. The zero-order valence-electron chi connectivity index (χ0n) is 11.5. The van der Waals surface area contributed by atoms with Crippen molar-refractivity contribution in [3.8, 4) is 0 Å². The smallest absolute Gasteiger partial charge is 0.231 e. The first-order valence-corrected chi connectivity index (χ1v) is 7.23. The number of rotatable bonds is 6. The van der Waals surface area contributed by atoms with Crippen LogP contribution in [0.25, 0.3) is 0 Å². The molecule has 2 rings (SSSR count). The molecule has 1 aromatic heterocycles. The molecule has 1 aliphatic heterocycles. The average molecular weight is 302 g/mol. The highest BCUT2D eigenvalue weighted by Gasteiger charge is 2.22. The van der Waals surface area contributed by atoms with E-state index in [1.54, 1.807) is 0 Å². The van der Waals surface area contributed by atoms with Crippen LogP contribution >= 0.6 is 11.6 Å². The number of piperidine rings is 1. The number of aliphatic hydroxyl groups excluding tert-OH is 1. The second-order valence-corrected chi connectivity index (χ2v) is 4.88. The Kier molecular flexibility index (Phi) is 5.75. The molecule has 7 nitrogen and oxygen atoms in total. The first-order chi connectivity index (χ1) is 9.72. The SMILES string of the molecule is CCNc1nc(Cl)nc(N2CCC(OCCO)CC2)n1. The molecule has 1 saturated heterocycles. The topological polar surface area (TPSA) is 83.4 Å². The summed E-state index contributed by atoms with van der Waals surface area (Å²) in [5.74, 6) is 1.10. The highest BCUT2D eigenvalue weighted by atomic mass is 35.5. The van der Waals surface area contributed by atoms with E-state index in [0.717, 1.165) is 32.5 Å². The van der Waals surface area contributed by atoms with Crippen LogP contribution in [0.2, 0.25) is 5.28 Å². The van der Waals surface area contributed by atoms with Gasteiger partial charge in [0.05, 0.1) is 19.3 Å². The van der Waals surface area contributed by atoms with Gasteiger partial charge in [-0.25, -0.2) is 0 Å². The van der Waals surface area contributed by atoms with E-state index in [1.807, 2.05) is 6.92 Å². The molecule has 2 N–H and O–H groups in total. The summed E-state index contributed by atoms with van der Waals surface area (Å²) in [4.78, 5) is 14.6. The van der Waals surface area contributed by atoms with Gasteiger partial charge in [0, 0.05) is 19.6 Å². The average Bonchev–Trinajstić information content (AvgIpc) is 2.45. The lowest BCUT2D eigenvalue weighted by Crippen LogP contribution is -2.38. The monoisotopic (exact) mass is 301 g/mol. The van der Waals surface area contributed by atoms with Gasteiger partial charge in [0.25, 0.3) is 0 Å². The zero-order chi connectivity index (χ0) is 14.4. The van der Waals surface area contributed by atoms with Gasteiger partial charge in [-0.1, -0.05) is 0 Å². The van der Waals surface area contributed by atoms with Crippen molar-refractivity contribution in [1.29, 1.82) is 0 Å². The molecule has 0 spiro atoms. The van der Waals surface area contributed by atoms with E-state index < -0.39 is 0 Å². The van der Waals surface area contributed by atoms with E-state index in [4.69, 9.17) is 21.4 Å². The van der Waals surface area contributed by atoms with Gasteiger partial charge >= 0.3 is 0 Å². The van der Waals surface area contributed by atoms with E-state index in [0.29, 0.717) is 18.5 Å².